The SMILES string of the molecule is CC1CC2=C(C=C1O)Cc1cc(S)ccc12. The molecule has 1 nitrogen and oxygen atoms in total. The molecule has 16 heavy (non-hydrogen) atoms. The molecule has 2 heteroatoms. The van der Waals surface area contributed by atoms with Gasteiger partial charge in [-0.15, -0.1) is 12.6 Å². The highest BCUT2D eigenvalue weighted by atomic mass is 32.1. The Morgan fingerprint density at radius 3 is 3.00 bits per heavy atom. The van der Waals surface area contributed by atoms with Gasteiger partial charge in [-0.1, -0.05) is 13.0 Å². The molecule has 0 saturated carbocycles. The van der Waals surface area contributed by atoms with Gasteiger partial charge in [-0.2, -0.15) is 0 Å². The first-order valence-corrected chi connectivity index (χ1v) is 6.04. The number of aliphatic hydroxyl groups excluding tert-OH is 1. The Balaban J connectivity index is 2.10. The maximum Gasteiger partial charge on any atom is 0.0956 e. The third-order valence-corrected chi connectivity index (χ3v) is 3.80. The zero-order valence-electron chi connectivity index (χ0n) is 9.20. The highest BCUT2D eigenvalue weighted by Gasteiger charge is 2.26. The van der Waals surface area contributed by atoms with E-state index in [0.717, 1.165) is 17.7 Å². The standard InChI is InChI=1S/C14H14OS/c1-8-4-13-10(7-14(8)15)5-9-6-11(16)2-3-12(9)13/h2-3,6-8,15-16H,4-5H2,1H3. The monoisotopic (exact) mass is 230 g/mol. The van der Waals surface area contributed by atoms with Gasteiger partial charge in [0.15, 0.2) is 0 Å². The molecule has 0 radical (unpaired) electrons. The number of thiol groups is 1. The molecular formula is C14H14OS. The average molecular weight is 230 g/mol. The van der Waals surface area contributed by atoms with Crippen LogP contribution in [0.2, 0.25) is 0 Å². The van der Waals surface area contributed by atoms with Gasteiger partial charge in [-0.25, -0.2) is 0 Å². The fourth-order valence-corrected chi connectivity index (χ4v) is 2.85. The van der Waals surface area contributed by atoms with E-state index in [9.17, 15) is 5.11 Å². The molecule has 0 spiro atoms. The van der Waals surface area contributed by atoms with Gasteiger partial charge in [0.05, 0.1) is 5.76 Å². The number of fused-ring (bicyclic) bond motifs is 2. The van der Waals surface area contributed by atoms with Crippen LogP contribution in [0.5, 0.6) is 0 Å². The van der Waals surface area contributed by atoms with E-state index in [-0.39, 0.29) is 5.92 Å². The summed E-state index contributed by atoms with van der Waals surface area (Å²) in [5.41, 5.74) is 5.39. The molecule has 1 unspecified atom stereocenters. The molecule has 0 aliphatic heterocycles. The van der Waals surface area contributed by atoms with Gasteiger partial charge in [-0.3, -0.25) is 0 Å². The molecular weight excluding hydrogens is 216 g/mol. The summed E-state index contributed by atoms with van der Waals surface area (Å²) < 4.78 is 0. The van der Waals surface area contributed by atoms with Crippen molar-refractivity contribution in [3.63, 3.8) is 0 Å². The van der Waals surface area contributed by atoms with Crippen LogP contribution < -0.4 is 0 Å². The fourth-order valence-electron chi connectivity index (χ4n) is 2.62. The van der Waals surface area contributed by atoms with E-state index in [1.54, 1.807) is 0 Å². The largest absolute Gasteiger partial charge is 0.512 e. The molecule has 0 saturated heterocycles. The quantitative estimate of drug-likeness (QED) is 0.650. The zero-order chi connectivity index (χ0) is 11.3. The fraction of sp³-hybridized carbons (Fsp3) is 0.286. The molecule has 1 N–H and O–H groups in total. The lowest BCUT2D eigenvalue weighted by molar-refractivity contribution is 0.340. The molecule has 0 bridgehead atoms. The lowest BCUT2D eigenvalue weighted by atomic mass is 9.89. The van der Waals surface area contributed by atoms with Crippen molar-refractivity contribution in [2.45, 2.75) is 24.7 Å². The van der Waals surface area contributed by atoms with E-state index in [0.29, 0.717) is 5.76 Å². The highest BCUT2D eigenvalue weighted by molar-refractivity contribution is 7.80. The number of rotatable bonds is 0. The van der Waals surface area contributed by atoms with E-state index in [1.165, 1.54) is 22.3 Å². The van der Waals surface area contributed by atoms with Gasteiger partial charge >= 0.3 is 0 Å². The second kappa shape index (κ2) is 3.42. The summed E-state index contributed by atoms with van der Waals surface area (Å²) in [6, 6.07) is 6.33. The lowest BCUT2D eigenvalue weighted by Crippen LogP contribution is -2.05. The zero-order valence-corrected chi connectivity index (χ0v) is 10.1. The van der Waals surface area contributed by atoms with E-state index >= 15 is 0 Å². The summed E-state index contributed by atoms with van der Waals surface area (Å²) in [4.78, 5) is 1.01. The smallest absolute Gasteiger partial charge is 0.0956 e. The molecule has 82 valence electrons. The first-order chi connectivity index (χ1) is 7.65. The molecule has 0 heterocycles. The number of allylic oxidation sites excluding steroid dienone is 4. The van der Waals surface area contributed by atoms with Crippen LogP contribution >= 0.6 is 12.6 Å². The van der Waals surface area contributed by atoms with Crippen LogP contribution in [-0.2, 0) is 6.42 Å². The number of hydrogen-bond acceptors (Lipinski definition) is 2. The molecule has 2 aliphatic rings. The number of hydrogen-bond donors (Lipinski definition) is 2. The normalized spacial score (nSPS) is 22.9. The Labute approximate surface area is 101 Å². The van der Waals surface area contributed by atoms with Crippen molar-refractivity contribution in [1.82, 2.24) is 0 Å². The van der Waals surface area contributed by atoms with Crippen LogP contribution in [0, 0.1) is 5.92 Å². The van der Waals surface area contributed by atoms with Crippen LogP contribution in [0.3, 0.4) is 0 Å². The Morgan fingerprint density at radius 2 is 2.19 bits per heavy atom. The first kappa shape index (κ1) is 10.0. The Morgan fingerprint density at radius 1 is 1.38 bits per heavy atom. The summed E-state index contributed by atoms with van der Waals surface area (Å²) in [6.07, 6.45) is 3.84. The third-order valence-electron chi connectivity index (χ3n) is 3.52. The van der Waals surface area contributed by atoms with Gasteiger partial charge in [-0.05, 0) is 53.3 Å². The van der Waals surface area contributed by atoms with Crippen molar-refractivity contribution in [2.75, 3.05) is 0 Å². The van der Waals surface area contributed by atoms with Crippen molar-refractivity contribution >= 4 is 18.2 Å². The maximum absolute atomic E-state index is 9.77. The number of benzene rings is 1. The minimum absolute atomic E-state index is 0.250. The van der Waals surface area contributed by atoms with E-state index in [2.05, 4.69) is 31.7 Å². The molecule has 0 fully saturated rings. The van der Waals surface area contributed by atoms with Gasteiger partial charge in [0, 0.05) is 10.8 Å². The van der Waals surface area contributed by atoms with E-state index in [1.807, 2.05) is 12.1 Å². The lowest BCUT2D eigenvalue weighted by Gasteiger charge is -2.18. The summed E-state index contributed by atoms with van der Waals surface area (Å²) in [5.74, 6) is 0.776. The Kier molecular flexibility index (Phi) is 2.15. The van der Waals surface area contributed by atoms with Crippen molar-refractivity contribution in [2.24, 2.45) is 5.92 Å². The molecule has 0 aromatic heterocycles. The minimum Gasteiger partial charge on any atom is -0.512 e. The van der Waals surface area contributed by atoms with Crippen molar-refractivity contribution in [1.29, 1.82) is 0 Å². The van der Waals surface area contributed by atoms with Crippen LogP contribution in [0.25, 0.3) is 5.57 Å². The second-order valence-corrected chi connectivity index (χ2v) is 5.21. The van der Waals surface area contributed by atoms with Crippen LogP contribution in [0.4, 0.5) is 0 Å². The summed E-state index contributed by atoms with van der Waals surface area (Å²) in [5, 5.41) is 9.77. The molecule has 2 aliphatic carbocycles. The predicted octanol–water partition coefficient (Wildman–Crippen LogP) is 3.77. The van der Waals surface area contributed by atoms with Gasteiger partial charge in [0.25, 0.3) is 0 Å². The van der Waals surface area contributed by atoms with Crippen LogP contribution in [0.15, 0.2) is 40.5 Å². The van der Waals surface area contributed by atoms with E-state index < -0.39 is 0 Å². The maximum atomic E-state index is 9.77. The van der Waals surface area contributed by atoms with Crippen molar-refractivity contribution in [3.05, 3.63) is 46.7 Å². The minimum atomic E-state index is 0.250. The Bertz CT molecular complexity index is 526. The number of aliphatic hydroxyl groups is 1. The highest BCUT2D eigenvalue weighted by Crippen LogP contribution is 2.42. The van der Waals surface area contributed by atoms with Gasteiger partial charge < -0.3 is 5.11 Å². The molecule has 1 aromatic rings. The van der Waals surface area contributed by atoms with Crippen LogP contribution in [0.1, 0.15) is 24.5 Å². The Hall–Kier alpha value is -1.15. The van der Waals surface area contributed by atoms with Crippen molar-refractivity contribution < 1.29 is 5.11 Å². The molecule has 1 atom stereocenters. The molecule has 0 amide bonds. The first-order valence-electron chi connectivity index (χ1n) is 5.60. The molecule has 3 rings (SSSR count). The third kappa shape index (κ3) is 1.40. The summed E-state index contributed by atoms with van der Waals surface area (Å²) >= 11 is 4.37. The predicted molar refractivity (Wildman–Crippen MR) is 68.8 cm³/mol. The van der Waals surface area contributed by atoms with Crippen LogP contribution in [-0.4, -0.2) is 5.11 Å². The second-order valence-electron chi connectivity index (χ2n) is 4.70. The summed E-state index contributed by atoms with van der Waals surface area (Å²) in [7, 11) is 0. The van der Waals surface area contributed by atoms with Crippen molar-refractivity contribution in [3.8, 4) is 0 Å². The van der Waals surface area contributed by atoms with Gasteiger partial charge in [0.2, 0.25) is 0 Å². The van der Waals surface area contributed by atoms with Gasteiger partial charge in [0.1, 0.15) is 0 Å². The average Bonchev–Trinajstić information content (AvgIpc) is 2.55. The summed E-state index contributed by atoms with van der Waals surface area (Å²) in [6.45, 7) is 2.07. The van der Waals surface area contributed by atoms with E-state index in [4.69, 9.17) is 0 Å². The molecule has 1 aromatic carbocycles. The topological polar surface area (TPSA) is 20.2 Å².